The van der Waals surface area contributed by atoms with Gasteiger partial charge in [-0.25, -0.2) is 0 Å². The zero-order valence-corrected chi connectivity index (χ0v) is 13.3. The summed E-state index contributed by atoms with van der Waals surface area (Å²) in [5.41, 5.74) is -0.466. The summed E-state index contributed by atoms with van der Waals surface area (Å²) in [6.07, 6.45) is 2.95. The van der Waals surface area contributed by atoms with Gasteiger partial charge in [0.2, 0.25) is 11.8 Å². The maximum absolute atomic E-state index is 12.3. The topological polar surface area (TPSA) is 70.2 Å². The van der Waals surface area contributed by atoms with Crippen molar-refractivity contribution in [3.8, 4) is 0 Å². The molecule has 3 N–H and O–H groups in total. The first-order valence-corrected chi connectivity index (χ1v) is 7.59. The molecule has 20 heavy (non-hydrogen) atoms. The Morgan fingerprint density at radius 2 is 1.80 bits per heavy atom. The molecule has 5 heteroatoms. The molecule has 0 aromatic carbocycles. The van der Waals surface area contributed by atoms with Crippen LogP contribution in [0.4, 0.5) is 0 Å². The van der Waals surface area contributed by atoms with Crippen LogP contribution in [0.25, 0.3) is 0 Å². The molecular weight excluding hydrogens is 254 g/mol. The first-order chi connectivity index (χ1) is 9.29. The molecule has 0 aromatic rings. The van der Waals surface area contributed by atoms with Crippen LogP contribution in [-0.2, 0) is 9.59 Å². The van der Waals surface area contributed by atoms with Gasteiger partial charge >= 0.3 is 0 Å². The summed E-state index contributed by atoms with van der Waals surface area (Å²) >= 11 is 0. The molecular formula is C15H29N3O2. The van der Waals surface area contributed by atoms with Gasteiger partial charge in [-0.3, -0.25) is 9.59 Å². The van der Waals surface area contributed by atoms with Crippen molar-refractivity contribution in [2.24, 2.45) is 5.41 Å². The third kappa shape index (κ3) is 5.12. The van der Waals surface area contributed by atoms with Crippen molar-refractivity contribution in [2.75, 3.05) is 19.6 Å². The summed E-state index contributed by atoms with van der Waals surface area (Å²) in [6.45, 7) is 10.1. The van der Waals surface area contributed by atoms with Crippen LogP contribution in [0.3, 0.4) is 0 Å². The van der Waals surface area contributed by atoms with Crippen LogP contribution in [0.5, 0.6) is 0 Å². The van der Waals surface area contributed by atoms with Crippen molar-refractivity contribution < 1.29 is 9.59 Å². The van der Waals surface area contributed by atoms with Crippen molar-refractivity contribution in [3.63, 3.8) is 0 Å². The van der Waals surface area contributed by atoms with E-state index in [1.54, 1.807) is 0 Å². The standard InChI is InChI=1S/C15H29N3O2/c1-5-15(7-10-16-11-8-15)13(20)17-9-6-12(19)18-14(2,3)4/h16H,5-11H2,1-4H3,(H,17,20)(H,18,19). The fraction of sp³-hybridized carbons (Fsp3) is 0.867. The number of hydrogen-bond acceptors (Lipinski definition) is 3. The Hall–Kier alpha value is -1.10. The second-order valence-corrected chi connectivity index (χ2v) is 6.69. The molecule has 5 nitrogen and oxygen atoms in total. The van der Waals surface area contributed by atoms with E-state index in [0.717, 1.165) is 32.4 Å². The Bertz CT molecular complexity index is 342. The van der Waals surface area contributed by atoms with Gasteiger partial charge in [-0.15, -0.1) is 0 Å². The fourth-order valence-electron chi connectivity index (χ4n) is 2.60. The zero-order chi connectivity index (χ0) is 15.2. The average molecular weight is 283 g/mol. The van der Waals surface area contributed by atoms with Crippen molar-refractivity contribution >= 4 is 11.8 Å². The van der Waals surface area contributed by atoms with E-state index in [9.17, 15) is 9.59 Å². The van der Waals surface area contributed by atoms with Gasteiger partial charge in [0.25, 0.3) is 0 Å². The van der Waals surface area contributed by atoms with Gasteiger partial charge in [0, 0.05) is 18.5 Å². The molecule has 1 saturated heterocycles. The minimum atomic E-state index is -0.244. The number of piperidine rings is 1. The summed E-state index contributed by atoms with van der Waals surface area (Å²) in [6, 6.07) is 0. The highest BCUT2D eigenvalue weighted by Gasteiger charge is 2.37. The van der Waals surface area contributed by atoms with Crippen molar-refractivity contribution in [1.29, 1.82) is 0 Å². The van der Waals surface area contributed by atoms with Crippen LogP contribution in [0, 0.1) is 5.41 Å². The maximum Gasteiger partial charge on any atom is 0.226 e. The lowest BCUT2D eigenvalue weighted by Crippen LogP contribution is -2.48. The Morgan fingerprint density at radius 1 is 1.20 bits per heavy atom. The minimum absolute atomic E-state index is 0.0198. The quantitative estimate of drug-likeness (QED) is 0.710. The highest BCUT2D eigenvalue weighted by molar-refractivity contribution is 5.83. The number of carbonyl (C=O) groups excluding carboxylic acids is 2. The van der Waals surface area contributed by atoms with Gasteiger partial charge < -0.3 is 16.0 Å². The first kappa shape index (κ1) is 17.0. The molecule has 0 aliphatic carbocycles. The predicted octanol–water partition coefficient (Wildman–Crippen LogP) is 1.19. The number of rotatable bonds is 5. The Balaban J connectivity index is 2.37. The smallest absolute Gasteiger partial charge is 0.226 e. The van der Waals surface area contributed by atoms with Crippen LogP contribution in [0.2, 0.25) is 0 Å². The first-order valence-electron chi connectivity index (χ1n) is 7.59. The lowest BCUT2D eigenvalue weighted by molar-refractivity contribution is -0.133. The van der Waals surface area contributed by atoms with Crippen LogP contribution in [0.15, 0.2) is 0 Å². The third-order valence-electron chi connectivity index (χ3n) is 3.87. The lowest BCUT2D eigenvalue weighted by Gasteiger charge is -2.35. The monoisotopic (exact) mass is 283 g/mol. The van der Waals surface area contributed by atoms with Gasteiger partial charge in [0.05, 0.1) is 5.41 Å². The predicted molar refractivity (Wildman–Crippen MR) is 80.4 cm³/mol. The van der Waals surface area contributed by atoms with Crippen LogP contribution < -0.4 is 16.0 Å². The van der Waals surface area contributed by atoms with Crippen LogP contribution >= 0.6 is 0 Å². The molecule has 0 bridgehead atoms. The average Bonchev–Trinajstić information content (AvgIpc) is 2.37. The fourth-order valence-corrected chi connectivity index (χ4v) is 2.60. The third-order valence-corrected chi connectivity index (χ3v) is 3.87. The van der Waals surface area contributed by atoms with Crippen LogP contribution in [-0.4, -0.2) is 37.0 Å². The summed E-state index contributed by atoms with van der Waals surface area (Å²) in [7, 11) is 0. The second kappa shape index (κ2) is 7.07. The summed E-state index contributed by atoms with van der Waals surface area (Å²) in [4.78, 5) is 24.0. The van der Waals surface area contributed by atoms with Gasteiger partial charge in [-0.05, 0) is 53.1 Å². The molecule has 0 unspecified atom stereocenters. The Morgan fingerprint density at radius 3 is 2.30 bits per heavy atom. The molecule has 0 spiro atoms. The summed E-state index contributed by atoms with van der Waals surface area (Å²) in [5, 5.41) is 9.11. The molecule has 0 aromatic heterocycles. The van der Waals surface area contributed by atoms with E-state index in [-0.39, 0.29) is 22.8 Å². The summed E-state index contributed by atoms with van der Waals surface area (Å²) in [5.74, 6) is 0.0821. The number of amides is 2. The van der Waals surface area contributed by atoms with Gasteiger partial charge in [-0.2, -0.15) is 0 Å². The number of hydrogen-bond donors (Lipinski definition) is 3. The molecule has 1 fully saturated rings. The summed E-state index contributed by atoms with van der Waals surface area (Å²) < 4.78 is 0. The molecule has 0 atom stereocenters. The SMILES string of the molecule is CCC1(C(=O)NCCC(=O)NC(C)(C)C)CCNCC1. The highest BCUT2D eigenvalue weighted by Crippen LogP contribution is 2.32. The maximum atomic E-state index is 12.3. The van der Waals surface area contributed by atoms with E-state index in [0.29, 0.717) is 13.0 Å². The molecule has 1 aliphatic rings. The molecule has 1 heterocycles. The van der Waals surface area contributed by atoms with Crippen molar-refractivity contribution in [1.82, 2.24) is 16.0 Å². The van der Waals surface area contributed by atoms with Crippen molar-refractivity contribution in [2.45, 2.75) is 58.9 Å². The minimum Gasteiger partial charge on any atom is -0.355 e. The second-order valence-electron chi connectivity index (χ2n) is 6.69. The van der Waals surface area contributed by atoms with Gasteiger partial charge in [0.15, 0.2) is 0 Å². The normalized spacial score (nSPS) is 18.4. The number of carbonyl (C=O) groups is 2. The van der Waals surface area contributed by atoms with Gasteiger partial charge in [-0.1, -0.05) is 6.92 Å². The number of nitrogens with one attached hydrogen (secondary N) is 3. The van der Waals surface area contributed by atoms with Gasteiger partial charge in [0.1, 0.15) is 0 Å². The molecule has 0 saturated carbocycles. The van der Waals surface area contributed by atoms with E-state index in [4.69, 9.17) is 0 Å². The van der Waals surface area contributed by atoms with Crippen LogP contribution in [0.1, 0.15) is 53.4 Å². The highest BCUT2D eigenvalue weighted by atomic mass is 16.2. The largest absolute Gasteiger partial charge is 0.355 e. The van der Waals surface area contributed by atoms with E-state index < -0.39 is 0 Å². The van der Waals surface area contributed by atoms with E-state index in [1.165, 1.54) is 0 Å². The lowest BCUT2D eigenvalue weighted by atomic mass is 9.76. The Kier molecular flexibility index (Phi) is 5.99. The Labute approximate surface area is 122 Å². The zero-order valence-electron chi connectivity index (χ0n) is 13.3. The molecule has 2 amide bonds. The molecule has 116 valence electrons. The van der Waals surface area contributed by atoms with Crippen molar-refractivity contribution in [3.05, 3.63) is 0 Å². The van der Waals surface area contributed by atoms with E-state index in [1.807, 2.05) is 20.8 Å². The molecule has 1 aliphatic heterocycles. The van der Waals surface area contributed by atoms with E-state index in [2.05, 4.69) is 22.9 Å². The van der Waals surface area contributed by atoms with E-state index >= 15 is 0 Å². The molecule has 1 rings (SSSR count). The molecule has 0 radical (unpaired) electrons.